The molecule has 62 heavy (non-hydrogen) atoms. The molecule has 0 bridgehead atoms. The van der Waals surface area contributed by atoms with Crippen LogP contribution in [0.4, 0.5) is 17.1 Å². The summed E-state index contributed by atoms with van der Waals surface area (Å²) in [6.07, 6.45) is 3.79. The Morgan fingerprint density at radius 1 is 0.355 bits per heavy atom. The predicted molar refractivity (Wildman–Crippen MR) is 264 cm³/mol. The third-order valence-electron chi connectivity index (χ3n) is 12.6. The van der Waals surface area contributed by atoms with Crippen LogP contribution < -0.4 is 4.90 Å². The van der Waals surface area contributed by atoms with Crippen molar-refractivity contribution in [2.75, 3.05) is 4.90 Å². The fraction of sp³-hybridized carbons (Fsp3) is 0.0492. The predicted octanol–water partition coefficient (Wildman–Crippen LogP) is 16.4. The van der Waals surface area contributed by atoms with Crippen molar-refractivity contribution in [3.05, 3.63) is 270 Å². The molecule has 9 aromatic carbocycles. The van der Waals surface area contributed by atoms with Crippen LogP contribution in [0.15, 0.2) is 225 Å². The highest BCUT2D eigenvalue weighted by molar-refractivity contribution is 5.88. The van der Waals surface area contributed by atoms with Crippen molar-refractivity contribution in [2.45, 2.75) is 19.3 Å². The van der Waals surface area contributed by atoms with Crippen molar-refractivity contribution in [2.24, 2.45) is 0 Å². The molecule has 0 N–H and O–H groups in total. The minimum absolute atomic E-state index is 0.509. The number of aryl methyl sites for hydroxylation is 2. The summed E-state index contributed by atoms with van der Waals surface area (Å²) in [5.41, 5.74) is 22.1. The number of anilines is 3. The molecule has 0 spiro atoms. The Morgan fingerprint density at radius 3 is 1.10 bits per heavy atom. The van der Waals surface area contributed by atoms with Crippen LogP contribution in [0, 0.1) is 13.8 Å². The minimum atomic E-state index is -0.509. The SMILES string of the molecule is C=Cc1ccc(-c2ccc(C3(c4ccc(-c5cc(-c6ccc(C=C)cc6)cc(N(c6ccc(C)cc6)c6ccc(C)cc6)c5)cc4)c4ccccc4-c4ccccc43)cc2)cc1. The Hall–Kier alpha value is -7.74. The number of fused-ring (bicyclic) bond motifs is 3. The molecule has 0 heterocycles. The number of nitrogens with zero attached hydrogens (tertiary/aromatic N) is 1. The second-order valence-electron chi connectivity index (χ2n) is 16.4. The monoisotopic (exact) mass is 793 g/mol. The molecule has 9 aromatic rings. The first-order chi connectivity index (χ1) is 30.4. The van der Waals surface area contributed by atoms with Crippen LogP contribution in [0.25, 0.3) is 56.7 Å². The van der Waals surface area contributed by atoms with Crippen LogP contribution in [-0.4, -0.2) is 0 Å². The maximum Gasteiger partial charge on any atom is 0.0713 e. The molecule has 0 atom stereocenters. The average Bonchev–Trinajstić information content (AvgIpc) is 3.64. The van der Waals surface area contributed by atoms with Gasteiger partial charge in [0.15, 0.2) is 0 Å². The summed E-state index contributed by atoms with van der Waals surface area (Å²) in [7, 11) is 0. The quantitative estimate of drug-likeness (QED) is 0.133. The van der Waals surface area contributed by atoms with Gasteiger partial charge >= 0.3 is 0 Å². The first-order valence-electron chi connectivity index (χ1n) is 21.4. The van der Waals surface area contributed by atoms with Gasteiger partial charge in [0.1, 0.15) is 0 Å². The highest BCUT2D eigenvalue weighted by atomic mass is 15.1. The van der Waals surface area contributed by atoms with Gasteiger partial charge in [-0.1, -0.05) is 206 Å². The highest BCUT2D eigenvalue weighted by Gasteiger charge is 2.45. The Morgan fingerprint density at radius 2 is 0.710 bits per heavy atom. The molecule has 0 radical (unpaired) electrons. The summed E-state index contributed by atoms with van der Waals surface area (Å²) in [5, 5.41) is 0. The van der Waals surface area contributed by atoms with E-state index in [0.717, 1.165) is 50.4 Å². The molecule has 0 fully saturated rings. The zero-order valence-corrected chi connectivity index (χ0v) is 35.2. The summed E-state index contributed by atoms with van der Waals surface area (Å²) in [5.74, 6) is 0. The molecule has 0 aromatic heterocycles. The van der Waals surface area contributed by atoms with Crippen LogP contribution >= 0.6 is 0 Å². The lowest BCUT2D eigenvalue weighted by atomic mass is 9.67. The van der Waals surface area contributed by atoms with Gasteiger partial charge in [-0.25, -0.2) is 0 Å². The average molecular weight is 794 g/mol. The molecule has 296 valence electrons. The molecule has 0 unspecified atom stereocenters. The van der Waals surface area contributed by atoms with E-state index in [0.29, 0.717) is 0 Å². The highest BCUT2D eigenvalue weighted by Crippen LogP contribution is 2.56. The lowest BCUT2D eigenvalue weighted by Gasteiger charge is -2.34. The maximum absolute atomic E-state index is 4.00. The van der Waals surface area contributed by atoms with Crippen LogP contribution in [0.3, 0.4) is 0 Å². The van der Waals surface area contributed by atoms with Crippen molar-refractivity contribution >= 4 is 29.2 Å². The van der Waals surface area contributed by atoms with E-state index >= 15 is 0 Å². The van der Waals surface area contributed by atoms with Gasteiger partial charge < -0.3 is 4.90 Å². The number of rotatable bonds is 10. The minimum Gasteiger partial charge on any atom is -0.310 e. The van der Waals surface area contributed by atoms with Crippen LogP contribution in [0.2, 0.25) is 0 Å². The normalized spacial score (nSPS) is 12.3. The van der Waals surface area contributed by atoms with Gasteiger partial charge in [0.25, 0.3) is 0 Å². The summed E-state index contributed by atoms with van der Waals surface area (Å²) in [6.45, 7) is 12.2. The van der Waals surface area contributed by atoms with Gasteiger partial charge in [0.05, 0.1) is 5.41 Å². The first-order valence-corrected chi connectivity index (χ1v) is 21.4. The van der Waals surface area contributed by atoms with E-state index in [1.807, 2.05) is 12.2 Å². The van der Waals surface area contributed by atoms with E-state index in [-0.39, 0.29) is 0 Å². The van der Waals surface area contributed by atoms with Crippen molar-refractivity contribution in [1.29, 1.82) is 0 Å². The van der Waals surface area contributed by atoms with E-state index in [9.17, 15) is 0 Å². The van der Waals surface area contributed by atoms with E-state index in [2.05, 4.69) is 244 Å². The molecule has 0 saturated heterocycles. The van der Waals surface area contributed by atoms with Crippen LogP contribution in [0.5, 0.6) is 0 Å². The Bertz CT molecular complexity index is 2970. The van der Waals surface area contributed by atoms with Crippen molar-refractivity contribution < 1.29 is 0 Å². The summed E-state index contributed by atoms with van der Waals surface area (Å²) in [6, 6.07) is 78.4. The number of hydrogen-bond acceptors (Lipinski definition) is 1. The van der Waals surface area contributed by atoms with Crippen molar-refractivity contribution in [3.8, 4) is 44.5 Å². The second kappa shape index (κ2) is 16.0. The third-order valence-corrected chi connectivity index (χ3v) is 12.6. The first kappa shape index (κ1) is 38.5. The molecule has 0 amide bonds. The molecule has 0 saturated carbocycles. The van der Waals surface area contributed by atoms with Crippen LogP contribution in [-0.2, 0) is 5.41 Å². The van der Waals surface area contributed by atoms with Gasteiger partial charge in [-0.2, -0.15) is 0 Å². The molecule has 1 heteroatoms. The zero-order chi connectivity index (χ0) is 42.2. The molecule has 1 aliphatic rings. The lowest BCUT2D eigenvalue weighted by Crippen LogP contribution is -2.28. The molecule has 1 nitrogen and oxygen atoms in total. The summed E-state index contributed by atoms with van der Waals surface area (Å²) in [4.78, 5) is 2.37. The van der Waals surface area contributed by atoms with Gasteiger partial charge in [0, 0.05) is 17.1 Å². The molecule has 1 aliphatic carbocycles. The largest absolute Gasteiger partial charge is 0.310 e. The van der Waals surface area contributed by atoms with Crippen LogP contribution in [0.1, 0.15) is 44.5 Å². The van der Waals surface area contributed by atoms with Crippen molar-refractivity contribution in [1.82, 2.24) is 0 Å². The standard InChI is InChI=1S/C61H47N/c1-5-44-19-23-46(24-20-44)47-27-31-52(32-28-47)61(59-13-9-7-11-57(59)58-12-8-10-14-60(58)61)53-33-29-49(30-34-53)51-39-50(48-25-21-45(6-2)22-26-48)40-56(41-51)62(54-35-15-42(3)16-36-54)55-37-17-43(4)18-38-55/h5-41H,1-2H2,3-4H3. The van der Waals surface area contributed by atoms with E-state index in [1.165, 1.54) is 55.6 Å². The fourth-order valence-electron chi connectivity index (χ4n) is 9.38. The Balaban J connectivity index is 1.14. The van der Waals surface area contributed by atoms with E-state index in [4.69, 9.17) is 0 Å². The zero-order valence-electron chi connectivity index (χ0n) is 35.2. The number of hydrogen-bond donors (Lipinski definition) is 0. The van der Waals surface area contributed by atoms with E-state index < -0.39 is 5.41 Å². The fourth-order valence-corrected chi connectivity index (χ4v) is 9.38. The second-order valence-corrected chi connectivity index (χ2v) is 16.4. The van der Waals surface area contributed by atoms with Gasteiger partial charge in [-0.3, -0.25) is 0 Å². The summed E-state index contributed by atoms with van der Waals surface area (Å²) < 4.78 is 0. The van der Waals surface area contributed by atoms with Gasteiger partial charge in [-0.05, 0) is 134 Å². The molecular formula is C61H47N. The number of benzene rings is 9. The molecule has 10 rings (SSSR count). The maximum atomic E-state index is 4.00. The lowest BCUT2D eigenvalue weighted by molar-refractivity contribution is 0.769. The third kappa shape index (κ3) is 6.79. The van der Waals surface area contributed by atoms with Crippen molar-refractivity contribution in [3.63, 3.8) is 0 Å². The smallest absolute Gasteiger partial charge is 0.0713 e. The molecular weight excluding hydrogens is 747 g/mol. The topological polar surface area (TPSA) is 3.24 Å². The van der Waals surface area contributed by atoms with E-state index in [1.54, 1.807) is 0 Å². The summed E-state index contributed by atoms with van der Waals surface area (Å²) >= 11 is 0. The van der Waals surface area contributed by atoms with Gasteiger partial charge in [0.2, 0.25) is 0 Å². The Kier molecular flexibility index (Phi) is 9.94. The van der Waals surface area contributed by atoms with Gasteiger partial charge in [-0.15, -0.1) is 0 Å². The Labute approximate surface area is 366 Å². The molecule has 0 aliphatic heterocycles.